The maximum atomic E-state index is 13.2. The number of carboxylic acids is 1. The zero-order valence-electron chi connectivity index (χ0n) is 23.7. The number of carbonyl (C=O) groups is 4. The van der Waals surface area contributed by atoms with Crippen molar-refractivity contribution in [2.75, 3.05) is 12.9 Å². The minimum atomic E-state index is -1.29. The first-order chi connectivity index (χ1) is 20.0. The van der Waals surface area contributed by atoms with E-state index in [0.717, 1.165) is 5.56 Å². The average molecular weight is 601 g/mol. The van der Waals surface area contributed by atoms with Crippen LogP contribution in [0.15, 0.2) is 47.0 Å². The molecule has 1 heterocycles. The van der Waals surface area contributed by atoms with Gasteiger partial charge < -0.3 is 25.0 Å². The predicted molar refractivity (Wildman–Crippen MR) is 153 cm³/mol. The van der Waals surface area contributed by atoms with Crippen LogP contribution in [-0.4, -0.2) is 63.8 Å². The number of ether oxygens (including phenoxy) is 1. The topological polar surface area (TPSA) is 161 Å². The number of Topliss-reactive ketones (excluding diaryl/α,β-unsaturated/α-hetero) is 1. The molecule has 3 rings (SSSR count). The Labute approximate surface area is 246 Å². The highest BCUT2D eigenvalue weighted by molar-refractivity contribution is 7.99. The quantitative estimate of drug-likeness (QED) is 0.236. The first-order valence-corrected chi connectivity index (χ1v) is 14.3. The highest BCUT2D eigenvalue weighted by atomic mass is 32.2. The molecule has 3 aromatic rings. The monoisotopic (exact) mass is 600 g/mol. The van der Waals surface area contributed by atoms with Crippen LogP contribution >= 0.6 is 11.8 Å². The van der Waals surface area contributed by atoms with E-state index in [0.29, 0.717) is 28.5 Å². The number of hydrogen-bond donors (Lipinski definition) is 3. The van der Waals surface area contributed by atoms with Gasteiger partial charge in [0.25, 0.3) is 5.89 Å². The minimum absolute atomic E-state index is 0.0655. The number of aliphatic carboxylic acids is 1. The molecule has 0 aliphatic rings. The van der Waals surface area contributed by atoms with Crippen LogP contribution in [-0.2, 0) is 31.4 Å². The summed E-state index contributed by atoms with van der Waals surface area (Å²) < 4.78 is 23.7. The van der Waals surface area contributed by atoms with Crippen LogP contribution in [0.5, 0.6) is 5.75 Å². The summed E-state index contributed by atoms with van der Waals surface area (Å²) in [5, 5.41) is 18.3. The lowest BCUT2D eigenvalue weighted by Crippen LogP contribution is -2.54. The number of aromatic nitrogens is 2. The first kappa shape index (κ1) is 32.3. The Hall–Kier alpha value is -4.26. The third kappa shape index (κ3) is 9.40. The summed E-state index contributed by atoms with van der Waals surface area (Å²) in [5.41, 5.74) is 1.90. The molecule has 1 aromatic heterocycles. The van der Waals surface area contributed by atoms with Crippen molar-refractivity contribution < 1.29 is 37.9 Å². The number of rotatable bonds is 15. The number of thioether (sulfide) groups is 1. The van der Waals surface area contributed by atoms with Gasteiger partial charge in [-0.3, -0.25) is 19.2 Å². The second-order valence-electron chi connectivity index (χ2n) is 9.88. The van der Waals surface area contributed by atoms with Crippen molar-refractivity contribution >= 4 is 35.3 Å². The van der Waals surface area contributed by atoms with E-state index in [4.69, 9.17) is 9.26 Å². The predicted octanol–water partition coefficient (Wildman–Crippen LogP) is 3.34. The molecule has 2 aromatic carbocycles. The SMILES string of the molecule is COc1ccc(-c2nc(C)no2)cc1CC(=O)N[C@H](C(=O)N[C@@H](CC(=O)O)C(=O)CSCc1ccc(F)cc1)C(C)C. The van der Waals surface area contributed by atoms with Gasteiger partial charge in [0.05, 0.1) is 31.7 Å². The van der Waals surface area contributed by atoms with Gasteiger partial charge in [0.2, 0.25) is 11.8 Å². The fourth-order valence-corrected chi connectivity index (χ4v) is 4.96. The number of nitrogens with zero attached hydrogens (tertiary/aromatic N) is 2. The number of methoxy groups -OCH3 is 1. The third-order valence-electron chi connectivity index (χ3n) is 6.18. The van der Waals surface area contributed by atoms with Crippen LogP contribution in [0.25, 0.3) is 11.5 Å². The van der Waals surface area contributed by atoms with Crippen LogP contribution < -0.4 is 15.4 Å². The zero-order valence-corrected chi connectivity index (χ0v) is 24.5. The number of carboxylic acid groups (broad SMARTS) is 1. The fourth-order valence-electron chi connectivity index (χ4n) is 4.03. The van der Waals surface area contributed by atoms with Crippen molar-refractivity contribution in [3.05, 3.63) is 65.2 Å². The molecule has 13 heteroatoms. The summed E-state index contributed by atoms with van der Waals surface area (Å²) in [6.45, 7) is 5.12. The summed E-state index contributed by atoms with van der Waals surface area (Å²) in [6.07, 6.45) is -0.752. The van der Waals surface area contributed by atoms with Gasteiger partial charge in [-0.25, -0.2) is 4.39 Å². The molecule has 3 N–H and O–H groups in total. The van der Waals surface area contributed by atoms with Crippen molar-refractivity contribution in [3.63, 3.8) is 0 Å². The number of aryl methyl sites for hydroxylation is 1. The molecule has 2 amide bonds. The van der Waals surface area contributed by atoms with Crippen molar-refractivity contribution in [1.82, 2.24) is 20.8 Å². The summed E-state index contributed by atoms with van der Waals surface area (Å²) in [4.78, 5) is 54.8. The Morgan fingerprint density at radius 1 is 1.10 bits per heavy atom. The van der Waals surface area contributed by atoms with Gasteiger partial charge in [-0.15, -0.1) is 11.8 Å². The molecule has 224 valence electrons. The Morgan fingerprint density at radius 3 is 2.40 bits per heavy atom. The Morgan fingerprint density at radius 2 is 1.81 bits per heavy atom. The molecule has 0 spiro atoms. The van der Waals surface area contributed by atoms with E-state index in [1.54, 1.807) is 51.1 Å². The molecule has 42 heavy (non-hydrogen) atoms. The zero-order chi connectivity index (χ0) is 30.8. The molecule has 0 saturated carbocycles. The molecule has 0 saturated heterocycles. The van der Waals surface area contributed by atoms with Gasteiger partial charge in [-0.2, -0.15) is 4.98 Å². The second kappa shape index (κ2) is 15.1. The van der Waals surface area contributed by atoms with Crippen LogP contribution in [0.2, 0.25) is 0 Å². The largest absolute Gasteiger partial charge is 0.496 e. The molecule has 0 bridgehead atoms. The molecule has 0 aliphatic heterocycles. The number of ketones is 1. The number of hydrogen-bond acceptors (Lipinski definition) is 9. The molecule has 0 fully saturated rings. The summed E-state index contributed by atoms with van der Waals surface area (Å²) in [5.74, 6) is -2.14. The summed E-state index contributed by atoms with van der Waals surface area (Å²) in [6, 6.07) is 8.55. The Balaban J connectivity index is 1.65. The number of carbonyl (C=O) groups excluding carboxylic acids is 3. The van der Waals surface area contributed by atoms with Crippen molar-refractivity contribution in [1.29, 1.82) is 0 Å². The van der Waals surface area contributed by atoms with E-state index in [1.807, 2.05) is 0 Å². The number of halogens is 1. The van der Waals surface area contributed by atoms with E-state index in [-0.39, 0.29) is 29.8 Å². The molecule has 11 nitrogen and oxygen atoms in total. The second-order valence-corrected chi connectivity index (χ2v) is 10.9. The van der Waals surface area contributed by atoms with Crippen LogP contribution in [0, 0.1) is 18.7 Å². The lowest BCUT2D eigenvalue weighted by atomic mass is 10.0. The maximum absolute atomic E-state index is 13.2. The van der Waals surface area contributed by atoms with Crippen LogP contribution in [0.3, 0.4) is 0 Å². The van der Waals surface area contributed by atoms with Gasteiger partial charge in [-0.1, -0.05) is 31.1 Å². The van der Waals surface area contributed by atoms with Gasteiger partial charge in [0.15, 0.2) is 11.6 Å². The van der Waals surface area contributed by atoms with Gasteiger partial charge in [0.1, 0.15) is 17.6 Å². The molecular formula is C29H33FN4O7S. The lowest BCUT2D eigenvalue weighted by Gasteiger charge is -2.25. The van der Waals surface area contributed by atoms with E-state index >= 15 is 0 Å². The molecule has 2 atom stereocenters. The van der Waals surface area contributed by atoms with Crippen LogP contribution in [0.1, 0.15) is 37.2 Å². The van der Waals surface area contributed by atoms with Gasteiger partial charge >= 0.3 is 5.97 Å². The molecule has 0 radical (unpaired) electrons. The Kier molecular flexibility index (Phi) is 11.6. The number of nitrogens with one attached hydrogen (secondary N) is 2. The van der Waals surface area contributed by atoms with E-state index in [1.165, 1.54) is 31.0 Å². The number of amides is 2. The molecule has 0 aliphatic carbocycles. The average Bonchev–Trinajstić information content (AvgIpc) is 3.38. The minimum Gasteiger partial charge on any atom is -0.496 e. The van der Waals surface area contributed by atoms with Crippen molar-refractivity contribution in [2.45, 2.75) is 51.4 Å². The van der Waals surface area contributed by atoms with Crippen molar-refractivity contribution in [3.8, 4) is 17.2 Å². The van der Waals surface area contributed by atoms with Crippen molar-refractivity contribution in [2.24, 2.45) is 5.92 Å². The van der Waals surface area contributed by atoms with Crippen LogP contribution in [0.4, 0.5) is 4.39 Å². The van der Waals surface area contributed by atoms with E-state index < -0.39 is 42.1 Å². The van der Waals surface area contributed by atoms with E-state index in [2.05, 4.69) is 20.8 Å². The summed E-state index contributed by atoms with van der Waals surface area (Å²) >= 11 is 1.22. The molecular weight excluding hydrogens is 567 g/mol. The summed E-state index contributed by atoms with van der Waals surface area (Å²) in [7, 11) is 1.47. The van der Waals surface area contributed by atoms with Gasteiger partial charge in [-0.05, 0) is 48.7 Å². The number of benzene rings is 2. The van der Waals surface area contributed by atoms with E-state index in [9.17, 15) is 28.7 Å². The standard InChI is InChI=1S/C29H33FN4O7S/c1-16(2)27(33-25(36)12-20-11-19(7-10-24(20)40-4)29-31-17(3)34-41-29)28(39)32-22(13-26(37)38)23(35)15-42-14-18-5-8-21(30)9-6-18/h5-11,16,22,27H,12-15H2,1-4H3,(H,32,39)(H,33,36)(H,37,38)/t22-,27-/m0/s1. The van der Waals surface area contributed by atoms with Gasteiger partial charge in [0, 0.05) is 16.9 Å². The lowest BCUT2D eigenvalue weighted by molar-refractivity contribution is -0.140. The highest BCUT2D eigenvalue weighted by Crippen LogP contribution is 2.26. The normalized spacial score (nSPS) is 12.4. The maximum Gasteiger partial charge on any atom is 0.305 e. The Bertz CT molecular complexity index is 1410. The molecule has 0 unspecified atom stereocenters. The first-order valence-electron chi connectivity index (χ1n) is 13.1. The fraction of sp³-hybridized carbons (Fsp3) is 0.379. The smallest absolute Gasteiger partial charge is 0.305 e. The highest BCUT2D eigenvalue weighted by Gasteiger charge is 2.30. The third-order valence-corrected chi connectivity index (χ3v) is 7.21.